The number of rotatable bonds is 7. The van der Waals surface area contributed by atoms with Gasteiger partial charge in [-0.15, -0.1) is 0 Å². The molecule has 8 nitrogen and oxygen atoms in total. The molecule has 150 valence electrons. The van der Waals surface area contributed by atoms with Crippen LogP contribution in [0.4, 0.5) is 0 Å². The summed E-state index contributed by atoms with van der Waals surface area (Å²) in [5, 5.41) is 7.05. The summed E-state index contributed by atoms with van der Waals surface area (Å²) in [5.41, 5.74) is -0.380. The molecule has 1 aromatic heterocycles. The highest BCUT2D eigenvalue weighted by molar-refractivity contribution is 7.89. The van der Waals surface area contributed by atoms with E-state index in [0.717, 1.165) is 38.5 Å². The fourth-order valence-corrected chi connectivity index (χ4v) is 4.77. The van der Waals surface area contributed by atoms with E-state index >= 15 is 0 Å². The second-order valence-corrected chi connectivity index (χ2v) is 9.47. The number of hydrogen-bond donors (Lipinski definition) is 2. The van der Waals surface area contributed by atoms with Gasteiger partial charge in [-0.3, -0.25) is 4.79 Å². The van der Waals surface area contributed by atoms with E-state index in [2.05, 4.69) is 20.2 Å². The number of benzene rings is 1. The molecule has 4 rings (SSSR count). The lowest BCUT2D eigenvalue weighted by atomic mass is 9.96. The summed E-state index contributed by atoms with van der Waals surface area (Å²) >= 11 is 0. The van der Waals surface area contributed by atoms with Gasteiger partial charge in [-0.2, -0.15) is 4.98 Å². The van der Waals surface area contributed by atoms with Gasteiger partial charge in [0.15, 0.2) is 5.82 Å². The molecule has 0 spiro atoms. The van der Waals surface area contributed by atoms with Gasteiger partial charge in [0.05, 0.1) is 4.90 Å². The van der Waals surface area contributed by atoms with Crippen LogP contribution in [0.3, 0.4) is 0 Å². The Morgan fingerprint density at radius 3 is 2.68 bits per heavy atom. The number of carbonyl (C=O) groups is 1. The number of aromatic nitrogens is 2. The van der Waals surface area contributed by atoms with Crippen LogP contribution >= 0.6 is 0 Å². The Labute approximate surface area is 164 Å². The Kier molecular flexibility index (Phi) is 4.96. The molecule has 2 aromatic rings. The predicted octanol–water partition coefficient (Wildman–Crippen LogP) is 2.27. The summed E-state index contributed by atoms with van der Waals surface area (Å²) < 4.78 is 32.7. The molecule has 0 atom stereocenters. The number of hydrogen-bond acceptors (Lipinski definition) is 6. The molecule has 1 amide bonds. The lowest BCUT2D eigenvalue weighted by Crippen LogP contribution is -2.44. The third-order valence-electron chi connectivity index (χ3n) is 5.43. The first-order valence-electron chi connectivity index (χ1n) is 9.61. The molecule has 1 heterocycles. The second-order valence-electron chi connectivity index (χ2n) is 7.70. The van der Waals surface area contributed by atoms with Gasteiger partial charge in [0.2, 0.25) is 15.9 Å². The van der Waals surface area contributed by atoms with E-state index in [-0.39, 0.29) is 10.8 Å². The van der Waals surface area contributed by atoms with E-state index < -0.39 is 15.6 Å². The topological polar surface area (TPSA) is 114 Å². The maximum absolute atomic E-state index is 12.9. The average molecular weight is 404 g/mol. The van der Waals surface area contributed by atoms with Gasteiger partial charge in [0, 0.05) is 19.0 Å². The van der Waals surface area contributed by atoms with Crippen molar-refractivity contribution in [2.24, 2.45) is 5.92 Å². The van der Waals surface area contributed by atoms with E-state index in [1.807, 2.05) is 0 Å². The zero-order chi connectivity index (χ0) is 19.8. The lowest BCUT2D eigenvalue weighted by Gasteiger charge is -2.26. The molecule has 2 aliphatic carbocycles. The maximum Gasteiger partial charge on any atom is 0.252 e. The van der Waals surface area contributed by atoms with Gasteiger partial charge in [-0.05, 0) is 49.8 Å². The molecule has 0 aliphatic heterocycles. The van der Waals surface area contributed by atoms with Gasteiger partial charge in [-0.25, -0.2) is 13.1 Å². The average Bonchev–Trinajstić information content (AvgIpc) is 3.22. The van der Waals surface area contributed by atoms with E-state index in [1.165, 1.54) is 12.1 Å². The van der Waals surface area contributed by atoms with Gasteiger partial charge >= 0.3 is 0 Å². The molecule has 0 radical (unpaired) electrons. The summed E-state index contributed by atoms with van der Waals surface area (Å²) in [6.07, 6.45) is 5.46. The van der Waals surface area contributed by atoms with Crippen LogP contribution < -0.4 is 10.0 Å². The third-order valence-corrected chi connectivity index (χ3v) is 6.85. The quantitative estimate of drug-likeness (QED) is 0.732. The van der Waals surface area contributed by atoms with Crippen molar-refractivity contribution in [3.05, 3.63) is 41.5 Å². The highest BCUT2D eigenvalue weighted by Crippen LogP contribution is 2.37. The fourth-order valence-electron chi connectivity index (χ4n) is 3.60. The first-order chi connectivity index (χ1) is 13.4. The van der Waals surface area contributed by atoms with Crippen LogP contribution in [0.25, 0.3) is 0 Å². The maximum atomic E-state index is 12.9. The van der Waals surface area contributed by atoms with E-state index in [0.29, 0.717) is 29.7 Å². The number of nitrogens with zero attached hydrogens (tertiary/aromatic N) is 2. The van der Waals surface area contributed by atoms with Crippen molar-refractivity contribution in [1.82, 2.24) is 20.2 Å². The van der Waals surface area contributed by atoms with Gasteiger partial charge < -0.3 is 9.84 Å². The number of sulfonamides is 1. The first kappa shape index (κ1) is 19.1. The van der Waals surface area contributed by atoms with E-state index in [9.17, 15) is 13.2 Å². The van der Waals surface area contributed by atoms with Crippen molar-refractivity contribution in [2.75, 3.05) is 6.54 Å². The third kappa shape index (κ3) is 3.95. The smallest absolute Gasteiger partial charge is 0.252 e. The molecule has 2 saturated carbocycles. The Bertz CT molecular complexity index is 975. The Morgan fingerprint density at radius 1 is 1.29 bits per heavy atom. The Hall–Kier alpha value is -2.26. The van der Waals surface area contributed by atoms with Crippen molar-refractivity contribution in [2.45, 2.75) is 55.9 Å². The van der Waals surface area contributed by atoms with Gasteiger partial charge in [0.1, 0.15) is 5.54 Å². The van der Waals surface area contributed by atoms with Crippen molar-refractivity contribution in [1.29, 1.82) is 0 Å². The summed E-state index contributed by atoms with van der Waals surface area (Å²) in [5.74, 6) is 1.02. The molecule has 2 aliphatic rings. The molecule has 1 aromatic carbocycles. The van der Waals surface area contributed by atoms with Crippen LogP contribution in [0.5, 0.6) is 0 Å². The predicted molar refractivity (Wildman–Crippen MR) is 101 cm³/mol. The lowest BCUT2D eigenvalue weighted by molar-refractivity contribution is 0.0891. The van der Waals surface area contributed by atoms with Crippen molar-refractivity contribution in [3.8, 4) is 0 Å². The molecule has 28 heavy (non-hydrogen) atoms. The number of amides is 1. The molecule has 2 fully saturated rings. The number of aryl methyl sites for hydroxylation is 1. The second kappa shape index (κ2) is 7.29. The Balaban J connectivity index is 1.54. The molecule has 0 saturated heterocycles. The zero-order valence-electron chi connectivity index (χ0n) is 15.8. The highest BCUT2D eigenvalue weighted by Gasteiger charge is 2.41. The molecule has 0 bridgehead atoms. The minimum absolute atomic E-state index is 0.0941. The zero-order valence-corrected chi connectivity index (χ0v) is 16.6. The molecular formula is C19H24N4O4S. The monoisotopic (exact) mass is 404 g/mol. The standard InChI is InChI=1S/C19H24N4O4S/c1-13-21-18(23-27-13)19(9-2-3-10-19)22-17(24)15-5-4-6-16(11-15)28(25,26)20-12-14-7-8-14/h4-6,11,14,20H,2-3,7-10,12H2,1H3,(H,22,24). The van der Waals surface area contributed by atoms with E-state index in [1.54, 1.807) is 19.1 Å². The molecule has 2 N–H and O–H groups in total. The minimum Gasteiger partial charge on any atom is -0.340 e. The number of carbonyl (C=O) groups excluding carboxylic acids is 1. The summed E-state index contributed by atoms with van der Waals surface area (Å²) in [4.78, 5) is 17.3. The van der Waals surface area contributed by atoms with Gasteiger partial charge in [-0.1, -0.05) is 24.1 Å². The van der Waals surface area contributed by atoms with Crippen LogP contribution in [0.15, 0.2) is 33.7 Å². The Morgan fingerprint density at radius 2 is 2.04 bits per heavy atom. The minimum atomic E-state index is -3.63. The van der Waals surface area contributed by atoms with Crippen molar-refractivity contribution in [3.63, 3.8) is 0 Å². The van der Waals surface area contributed by atoms with E-state index in [4.69, 9.17) is 4.52 Å². The molecule has 9 heteroatoms. The first-order valence-corrected chi connectivity index (χ1v) is 11.1. The fraction of sp³-hybridized carbons (Fsp3) is 0.526. The highest BCUT2D eigenvalue weighted by atomic mass is 32.2. The van der Waals surface area contributed by atoms with Crippen molar-refractivity contribution < 1.29 is 17.7 Å². The SMILES string of the molecule is Cc1nc(C2(NC(=O)c3cccc(S(=O)(=O)NCC4CC4)c3)CCCC2)no1. The summed E-state index contributed by atoms with van der Waals surface area (Å²) in [6.45, 7) is 2.16. The van der Waals surface area contributed by atoms with Crippen LogP contribution in [0.2, 0.25) is 0 Å². The normalized spacial score (nSPS) is 18.9. The summed E-state index contributed by atoms with van der Waals surface area (Å²) in [7, 11) is -3.63. The number of nitrogens with one attached hydrogen (secondary N) is 2. The molecule has 0 unspecified atom stereocenters. The largest absolute Gasteiger partial charge is 0.340 e. The van der Waals surface area contributed by atoms with Crippen LogP contribution in [-0.4, -0.2) is 31.0 Å². The van der Waals surface area contributed by atoms with Crippen molar-refractivity contribution >= 4 is 15.9 Å². The molecular weight excluding hydrogens is 380 g/mol. The summed E-state index contributed by atoms with van der Waals surface area (Å²) in [6, 6.07) is 6.11. The van der Waals surface area contributed by atoms with Crippen LogP contribution in [0, 0.1) is 12.8 Å². The van der Waals surface area contributed by atoms with Crippen LogP contribution in [-0.2, 0) is 15.6 Å². The van der Waals surface area contributed by atoms with Gasteiger partial charge in [0.25, 0.3) is 5.91 Å². The van der Waals surface area contributed by atoms with Crippen LogP contribution in [0.1, 0.15) is 60.6 Å².